The van der Waals surface area contributed by atoms with E-state index >= 15 is 0 Å². The molecular formula is C14H22N2O4S. The van der Waals surface area contributed by atoms with Gasteiger partial charge < -0.3 is 10.5 Å². The third kappa shape index (κ3) is 4.71. The van der Waals surface area contributed by atoms with Crippen molar-refractivity contribution in [3.05, 3.63) is 29.8 Å². The van der Waals surface area contributed by atoms with Crippen molar-refractivity contribution in [3.8, 4) is 0 Å². The average molecular weight is 314 g/mol. The molecule has 0 fully saturated rings. The lowest BCUT2D eigenvalue weighted by Gasteiger charge is -2.21. The molecule has 118 valence electrons. The summed E-state index contributed by atoms with van der Waals surface area (Å²) in [6.45, 7) is 5.11. The Balaban J connectivity index is 2.87. The third-order valence-electron chi connectivity index (χ3n) is 3.35. The number of carbonyl (C=O) groups is 1. The van der Waals surface area contributed by atoms with Crippen LogP contribution < -0.4 is 10.5 Å². The zero-order valence-corrected chi connectivity index (χ0v) is 13.5. The number of methoxy groups -OCH3 is 1. The van der Waals surface area contributed by atoms with Gasteiger partial charge in [0.25, 0.3) is 0 Å². The Labute approximate surface area is 125 Å². The molecule has 0 radical (unpaired) electrons. The molecule has 0 spiro atoms. The lowest BCUT2D eigenvalue weighted by Crippen LogP contribution is -2.35. The Morgan fingerprint density at radius 1 is 1.33 bits per heavy atom. The fourth-order valence-electron chi connectivity index (χ4n) is 1.70. The molecule has 7 heteroatoms. The predicted octanol–water partition coefficient (Wildman–Crippen LogP) is 1.23. The number of carbonyl (C=O) groups excluding carboxylic acids is 1. The van der Waals surface area contributed by atoms with Gasteiger partial charge in [-0.3, -0.25) is 9.52 Å². The molecule has 0 aliphatic rings. The first-order valence-corrected chi connectivity index (χ1v) is 8.17. The Hall–Kier alpha value is -1.60. The number of sulfonamides is 1. The molecule has 0 unspecified atom stereocenters. The highest BCUT2D eigenvalue weighted by Crippen LogP contribution is 2.24. The second kappa shape index (κ2) is 6.44. The van der Waals surface area contributed by atoms with Gasteiger partial charge in [-0.25, -0.2) is 8.42 Å². The van der Waals surface area contributed by atoms with Crippen LogP contribution in [0.25, 0.3) is 0 Å². The van der Waals surface area contributed by atoms with Gasteiger partial charge in [-0.2, -0.15) is 0 Å². The van der Waals surface area contributed by atoms with Crippen molar-refractivity contribution < 1.29 is 17.9 Å². The maximum Gasteiger partial charge on any atom is 0.235 e. The maximum atomic E-state index is 11.9. The number of nitrogens with one attached hydrogen (secondary N) is 1. The number of amides is 1. The van der Waals surface area contributed by atoms with Crippen LogP contribution >= 0.6 is 0 Å². The van der Waals surface area contributed by atoms with E-state index in [2.05, 4.69) is 4.72 Å². The maximum absolute atomic E-state index is 11.9. The van der Waals surface area contributed by atoms with Crippen LogP contribution in [0.3, 0.4) is 0 Å². The van der Waals surface area contributed by atoms with Gasteiger partial charge in [0.15, 0.2) is 0 Å². The van der Waals surface area contributed by atoms with Crippen molar-refractivity contribution in [1.29, 1.82) is 0 Å². The summed E-state index contributed by atoms with van der Waals surface area (Å²) in [7, 11) is -2.02. The fourth-order valence-corrected chi connectivity index (χ4v) is 3.03. The Bertz CT molecular complexity index is 594. The highest BCUT2D eigenvalue weighted by Gasteiger charge is 2.27. The third-order valence-corrected chi connectivity index (χ3v) is 4.81. The van der Waals surface area contributed by atoms with E-state index in [1.165, 1.54) is 7.11 Å². The predicted molar refractivity (Wildman–Crippen MR) is 82.5 cm³/mol. The summed E-state index contributed by atoms with van der Waals surface area (Å²) < 4.78 is 31.2. The van der Waals surface area contributed by atoms with E-state index in [1.807, 2.05) is 0 Å². The fraction of sp³-hybridized carbons (Fsp3) is 0.500. The summed E-state index contributed by atoms with van der Waals surface area (Å²) in [6, 6.07) is 6.58. The van der Waals surface area contributed by atoms with Crippen molar-refractivity contribution >= 4 is 21.6 Å². The van der Waals surface area contributed by atoms with Crippen LogP contribution in [0, 0.1) is 0 Å². The SMILES string of the molecule is CO[C@H](C)CS(=O)(=O)Nc1ccc(C(C)(C)C(N)=O)cc1. The monoisotopic (exact) mass is 314 g/mol. The van der Waals surface area contributed by atoms with Gasteiger partial charge >= 0.3 is 0 Å². The molecule has 21 heavy (non-hydrogen) atoms. The molecule has 1 atom stereocenters. The molecule has 6 nitrogen and oxygen atoms in total. The Kier molecular flexibility index (Phi) is 5.36. The van der Waals surface area contributed by atoms with Gasteiger partial charge in [-0.1, -0.05) is 12.1 Å². The van der Waals surface area contributed by atoms with Gasteiger partial charge in [0.2, 0.25) is 15.9 Å². The molecule has 3 N–H and O–H groups in total. The zero-order chi connectivity index (χ0) is 16.3. The molecular weight excluding hydrogens is 292 g/mol. The van der Waals surface area contributed by atoms with E-state index in [4.69, 9.17) is 10.5 Å². The van der Waals surface area contributed by atoms with E-state index in [9.17, 15) is 13.2 Å². The molecule has 0 saturated carbocycles. The van der Waals surface area contributed by atoms with Crippen LogP contribution in [0.2, 0.25) is 0 Å². The molecule has 1 aromatic rings. The number of benzene rings is 1. The lowest BCUT2D eigenvalue weighted by atomic mass is 9.84. The average Bonchev–Trinajstić information content (AvgIpc) is 2.37. The minimum Gasteiger partial charge on any atom is -0.381 e. The van der Waals surface area contributed by atoms with Crippen molar-refractivity contribution in [2.75, 3.05) is 17.6 Å². The number of hydrogen-bond acceptors (Lipinski definition) is 4. The van der Waals surface area contributed by atoms with E-state index in [0.717, 1.165) is 5.56 Å². The highest BCUT2D eigenvalue weighted by atomic mass is 32.2. The number of ether oxygens (including phenoxy) is 1. The molecule has 0 bridgehead atoms. The highest BCUT2D eigenvalue weighted by molar-refractivity contribution is 7.92. The van der Waals surface area contributed by atoms with Crippen LogP contribution in [0.5, 0.6) is 0 Å². The number of anilines is 1. The smallest absolute Gasteiger partial charge is 0.235 e. The van der Waals surface area contributed by atoms with Crippen LogP contribution in [0.15, 0.2) is 24.3 Å². The second-order valence-corrected chi connectivity index (χ2v) is 7.26. The molecule has 1 aromatic carbocycles. The largest absolute Gasteiger partial charge is 0.381 e. The zero-order valence-electron chi connectivity index (χ0n) is 12.7. The minimum atomic E-state index is -3.48. The van der Waals surface area contributed by atoms with Crippen LogP contribution in [0.1, 0.15) is 26.3 Å². The summed E-state index contributed by atoms with van der Waals surface area (Å²) >= 11 is 0. The van der Waals surface area contributed by atoms with Gasteiger partial charge in [0, 0.05) is 12.8 Å². The first-order chi connectivity index (χ1) is 9.58. The first kappa shape index (κ1) is 17.5. The van der Waals surface area contributed by atoms with Crippen molar-refractivity contribution in [2.45, 2.75) is 32.3 Å². The lowest BCUT2D eigenvalue weighted by molar-refractivity contribution is -0.122. The normalized spacial score (nSPS) is 13.7. The number of rotatable bonds is 7. The van der Waals surface area contributed by atoms with Crippen LogP contribution in [-0.2, 0) is 25.0 Å². The Morgan fingerprint density at radius 2 is 1.86 bits per heavy atom. The number of hydrogen-bond donors (Lipinski definition) is 2. The summed E-state index contributed by atoms with van der Waals surface area (Å²) in [5.74, 6) is -0.567. The van der Waals surface area contributed by atoms with Crippen LogP contribution in [-0.4, -0.2) is 33.3 Å². The summed E-state index contributed by atoms with van der Waals surface area (Å²) in [4.78, 5) is 11.4. The summed E-state index contributed by atoms with van der Waals surface area (Å²) in [5.41, 5.74) is 5.70. The van der Waals surface area contributed by atoms with Crippen molar-refractivity contribution in [1.82, 2.24) is 0 Å². The Morgan fingerprint density at radius 3 is 2.29 bits per heavy atom. The van der Waals surface area contributed by atoms with Gasteiger partial charge in [0.1, 0.15) is 0 Å². The molecule has 1 rings (SSSR count). The van der Waals surface area contributed by atoms with E-state index < -0.39 is 27.4 Å². The molecule has 0 heterocycles. The molecule has 0 aliphatic carbocycles. The molecule has 0 aromatic heterocycles. The van der Waals surface area contributed by atoms with Gasteiger partial charge in [0.05, 0.1) is 17.3 Å². The summed E-state index contributed by atoms with van der Waals surface area (Å²) in [6.07, 6.45) is -0.393. The van der Waals surface area contributed by atoms with E-state index in [1.54, 1.807) is 45.0 Å². The van der Waals surface area contributed by atoms with Crippen molar-refractivity contribution in [2.24, 2.45) is 5.73 Å². The molecule has 0 saturated heterocycles. The molecule has 0 aliphatic heterocycles. The molecule has 1 amide bonds. The van der Waals surface area contributed by atoms with Crippen molar-refractivity contribution in [3.63, 3.8) is 0 Å². The quantitative estimate of drug-likeness (QED) is 0.790. The second-order valence-electron chi connectivity index (χ2n) is 5.50. The first-order valence-electron chi connectivity index (χ1n) is 6.52. The van der Waals surface area contributed by atoms with Gasteiger partial charge in [-0.05, 0) is 38.5 Å². The van der Waals surface area contributed by atoms with E-state index in [-0.39, 0.29) is 5.75 Å². The standard InChI is InChI=1S/C14H22N2O4S/c1-10(20-4)9-21(18,19)16-12-7-5-11(6-8-12)14(2,3)13(15)17/h5-8,10,16H,9H2,1-4H3,(H2,15,17)/t10-/m1/s1. The minimum absolute atomic E-state index is 0.127. The topological polar surface area (TPSA) is 98.5 Å². The number of primary amides is 1. The summed E-state index contributed by atoms with van der Waals surface area (Å²) in [5, 5.41) is 0. The van der Waals surface area contributed by atoms with Crippen LogP contribution in [0.4, 0.5) is 5.69 Å². The van der Waals surface area contributed by atoms with E-state index in [0.29, 0.717) is 5.69 Å². The van der Waals surface area contributed by atoms with Gasteiger partial charge in [-0.15, -0.1) is 0 Å². The number of nitrogens with two attached hydrogens (primary N) is 1.